The molecule has 1 amide bonds. The van der Waals surface area contributed by atoms with E-state index in [4.69, 9.17) is 0 Å². The van der Waals surface area contributed by atoms with Crippen molar-refractivity contribution in [3.63, 3.8) is 0 Å². The van der Waals surface area contributed by atoms with Gasteiger partial charge < -0.3 is 10.2 Å². The summed E-state index contributed by atoms with van der Waals surface area (Å²) >= 11 is 0. The van der Waals surface area contributed by atoms with Crippen LogP contribution in [-0.2, 0) is 4.79 Å². The van der Waals surface area contributed by atoms with Crippen molar-refractivity contribution in [2.75, 3.05) is 18.4 Å². The smallest absolute Gasteiger partial charge is 0.266 e. The molecule has 4 nitrogen and oxygen atoms in total. The zero-order valence-corrected chi connectivity index (χ0v) is 14.2. The molecule has 0 atom stereocenters. The molecule has 0 radical (unpaired) electrons. The summed E-state index contributed by atoms with van der Waals surface area (Å²) in [5, 5.41) is 12.5. The first kappa shape index (κ1) is 17.1. The lowest BCUT2D eigenvalue weighted by Gasteiger charge is -2.30. The SMILES string of the molecule is CC1CCN(C(=O)/C(C#N)=C\Nc2ccccc2C(C)C)CC1. The normalized spacial score (nSPS) is 16.3. The number of anilines is 1. The number of piperidine rings is 1. The minimum Gasteiger partial charge on any atom is -0.360 e. The third-order valence-electron chi connectivity index (χ3n) is 4.38. The van der Waals surface area contributed by atoms with Gasteiger partial charge in [-0.25, -0.2) is 0 Å². The van der Waals surface area contributed by atoms with Crippen molar-refractivity contribution in [1.29, 1.82) is 5.26 Å². The van der Waals surface area contributed by atoms with Gasteiger partial charge in [0.15, 0.2) is 0 Å². The molecule has 0 aromatic heterocycles. The van der Waals surface area contributed by atoms with Gasteiger partial charge in [-0.2, -0.15) is 5.26 Å². The van der Waals surface area contributed by atoms with Gasteiger partial charge in [-0.05, 0) is 36.3 Å². The van der Waals surface area contributed by atoms with E-state index < -0.39 is 0 Å². The van der Waals surface area contributed by atoms with Gasteiger partial charge >= 0.3 is 0 Å². The molecular formula is C19H25N3O. The number of benzene rings is 1. The van der Waals surface area contributed by atoms with Gasteiger partial charge in [0.1, 0.15) is 11.6 Å². The maximum absolute atomic E-state index is 12.5. The molecule has 1 aliphatic rings. The quantitative estimate of drug-likeness (QED) is 0.678. The Labute approximate surface area is 138 Å². The van der Waals surface area contributed by atoms with Crippen molar-refractivity contribution in [3.05, 3.63) is 41.6 Å². The third-order valence-corrected chi connectivity index (χ3v) is 4.38. The lowest BCUT2D eigenvalue weighted by molar-refractivity contribution is -0.128. The Morgan fingerprint density at radius 1 is 1.35 bits per heavy atom. The molecule has 0 unspecified atom stereocenters. The van der Waals surface area contributed by atoms with Gasteiger partial charge in [0.25, 0.3) is 5.91 Å². The lowest BCUT2D eigenvalue weighted by atomic mass is 9.99. The molecule has 1 N–H and O–H groups in total. The fourth-order valence-electron chi connectivity index (χ4n) is 2.81. The number of hydrogen-bond donors (Lipinski definition) is 1. The molecule has 1 heterocycles. The first-order valence-corrected chi connectivity index (χ1v) is 8.28. The number of nitriles is 1. The second-order valence-corrected chi connectivity index (χ2v) is 6.53. The van der Waals surface area contributed by atoms with Gasteiger partial charge in [-0.1, -0.05) is 39.0 Å². The van der Waals surface area contributed by atoms with E-state index in [9.17, 15) is 10.1 Å². The van der Waals surface area contributed by atoms with Crippen molar-refractivity contribution in [1.82, 2.24) is 4.90 Å². The fraction of sp³-hybridized carbons (Fsp3) is 0.474. The molecule has 0 spiro atoms. The summed E-state index contributed by atoms with van der Waals surface area (Å²) in [4.78, 5) is 14.3. The summed E-state index contributed by atoms with van der Waals surface area (Å²) in [7, 11) is 0. The maximum atomic E-state index is 12.5. The molecule has 1 aromatic carbocycles. The van der Waals surface area contributed by atoms with Crippen LogP contribution >= 0.6 is 0 Å². The molecule has 1 fully saturated rings. The minimum atomic E-state index is -0.172. The first-order valence-electron chi connectivity index (χ1n) is 8.28. The highest BCUT2D eigenvalue weighted by Crippen LogP contribution is 2.24. The van der Waals surface area contributed by atoms with Crippen LogP contribution in [0.25, 0.3) is 0 Å². The minimum absolute atomic E-state index is 0.165. The number of nitrogens with zero attached hydrogens (tertiary/aromatic N) is 2. The Hall–Kier alpha value is -2.28. The summed E-state index contributed by atoms with van der Waals surface area (Å²) in [5.74, 6) is 0.857. The molecule has 0 saturated carbocycles. The lowest BCUT2D eigenvalue weighted by Crippen LogP contribution is -2.38. The largest absolute Gasteiger partial charge is 0.360 e. The van der Waals surface area contributed by atoms with Crippen LogP contribution in [0.4, 0.5) is 5.69 Å². The predicted octanol–water partition coefficient (Wildman–Crippen LogP) is 3.89. The van der Waals surface area contributed by atoms with Crippen LogP contribution in [-0.4, -0.2) is 23.9 Å². The highest BCUT2D eigenvalue weighted by atomic mass is 16.2. The first-order chi connectivity index (χ1) is 11.0. The molecule has 1 aliphatic heterocycles. The van der Waals surface area contributed by atoms with E-state index in [-0.39, 0.29) is 11.5 Å². The van der Waals surface area contributed by atoms with E-state index >= 15 is 0 Å². The number of rotatable bonds is 4. The van der Waals surface area contributed by atoms with Crippen LogP contribution in [0.2, 0.25) is 0 Å². The van der Waals surface area contributed by atoms with Crippen molar-refractivity contribution in [2.24, 2.45) is 5.92 Å². The monoisotopic (exact) mass is 311 g/mol. The van der Waals surface area contributed by atoms with Gasteiger partial charge in [0.05, 0.1) is 0 Å². The summed E-state index contributed by atoms with van der Waals surface area (Å²) in [6.45, 7) is 7.92. The highest BCUT2D eigenvalue weighted by molar-refractivity contribution is 5.97. The van der Waals surface area contributed by atoms with Crippen LogP contribution in [0, 0.1) is 17.2 Å². The van der Waals surface area contributed by atoms with E-state index in [0.29, 0.717) is 11.8 Å². The summed E-state index contributed by atoms with van der Waals surface area (Å²) in [6.07, 6.45) is 3.56. The molecule has 1 aromatic rings. The Kier molecular flexibility index (Phi) is 5.81. The molecule has 1 saturated heterocycles. The van der Waals surface area contributed by atoms with Gasteiger partial charge in [0.2, 0.25) is 0 Å². The number of carbonyl (C=O) groups excluding carboxylic acids is 1. The Morgan fingerprint density at radius 2 is 2.00 bits per heavy atom. The van der Waals surface area contributed by atoms with Crippen LogP contribution in [0.1, 0.15) is 45.1 Å². The van der Waals surface area contributed by atoms with Crippen LogP contribution < -0.4 is 5.32 Å². The highest BCUT2D eigenvalue weighted by Gasteiger charge is 2.23. The molecular weight excluding hydrogens is 286 g/mol. The Bertz CT molecular complexity index is 620. The van der Waals surface area contributed by atoms with Crippen molar-refractivity contribution in [3.8, 4) is 6.07 Å². The zero-order valence-electron chi connectivity index (χ0n) is 14.2. The Morgan fingerprint density at radius 3 is 2.61 bits per heavy atom. The second-order valence-electron chi connectivity index (χ2n) is 6.53. The molecule has 122 valence electrons. The van der Waals surface area contributed by atoms with Crippen molar-refractivity contribution < 1.29 is 4.79 Å². The van der Waals surface area contributed by atoms with E-state index in [2.05, 4.69) is 32.2 Å². The average molecular weight is 311 g/mol. The molecule has 4 heteroatoms. The fourth-order valence-corrected chi connectivity index (χ4v) is 2.81. The third kappa shape index (κ3) is 4.35. The van der Waals surface area contributed by atoms with Gasteiger partial charge in [-0.3, -0.25) is 4.79 Å². The standard InChI is InChI=1S/C19H25N3O/c1-14(2)17-6-4-5-7-18(17)21-13-16(12-20)19(23)22-10-8-15(3)9-11-22/h4-7,13-15,21H,8-11H2,1-3H3/b16-13-. The average Bonchev–Trinajstić information content (AvgIpc) is 2.56. The van der Waals surface area contributed by atoms with E-state index in [0.717, 1.165) is 31.6 Å². The topological polar surface area (TPSA) is 56.1 Å². The number of para-hydroxylation sites is 1. The second kappa shape index (κ2) is 7.82. The number of carbonyl (C=O) groups is 1. The zero-order chi connectivity index (χ0) is 16.8. The molecule has 23 heavy (non-hydrogen) atoms. The summed E-state index contributed by atoms with van der Waals surface area (Å²) in [5.41, 5.74) is 2.27. The van der Waals surface area contributed by atoms with Crippen molar-refractivity contribution in [2.45, 2.75) is 39.5 Å². The number of nitrogens with one attached hydrogen (secondary N) is 1. The van der Waals surface area contributed by atoms with E-state index in [1.165, 1.54) is 5.56 Å². The van der Waals surface area contributed by atoms with Gasteiger partial charge in [-0.15, -0.1) is 0 Å². The van der Waals surface area contributed by atoms with Crippen LogP contribution in [0.5, 0.6) is 0 Å². The van der Waals surface area contributed by atoms with E-state index in [1.54, 1.807) is 11.1 Å². The predicted molar refractivity (Wildman–Crippen MR) is 92.8 cm³/mol. The number of likely N-dealkylation sites (tertiary alicyclic amines) is 1. The number of hydrogen-bond acceptors (Lipinski definition) is 3. The van der Waals surface area contributed by atoms with Crippen LogP contribution in [0.3, 0.4) is 0 Å². The maximum Gasteiger partial charge on any atom is 0.266 e. The Balaban J connectivity index is 2.11. The molecule has 2 rings (SSSR count). The van der Waals surface area contributed by atoms with E-state index in [1.807, 2.05) is 24.3 Å². The summed E-state index contributed by atoms with van der Waals surface area (Å²) in [6, 6.07) is 10.0. The van der Waals surface area contributed by atoms with Crippen LogP contribution in [0.15, 0.2) is 36.0 Å². The molecule has 0 bridgehead atoms. The van der Waals surface area contributed by atoms with Gasteiger partial charge in [0, 0.05) is 25.0 Å². The summed E-state index contributed by atoms with van der Waals surface area (Å²) < 4.78 is 0. The number of amides is 1. The van der Waals surface area contributed by atoms with Crippen molar-refractivity contribution >= 4 is 11.6 Å². The molecule has 0 aliphatic carbocycles.